The third kappa shape index (κ3) is 4.43. The highest BCUT2D eigenvalue weighted by molar-refractivity contribution is 7.84. The van der Waals surface area contributed by atoms with Crippen LogP contribution in [0.1, 0.15) is 13.3 Å². The smallest absolute Gasteiger partial charge is 0.372 e. The van der Waals surface area contributed by atoms with E-state index in [4.69, 9.17) is 4.74 Å². The minimum Gasteiger partial charge on any atom is -0.476 e. The average molecular weight is 288 g/mol. The van der Waals surface area contributed by atoms with E-state index in [2.05, 4.69) is 15.3 Å². The van der Waals surface area contributed by atoms with Gasteiger partial charge in [0.05, 0.1) is 12.0 Å². The molecule has 0 aliphatic rings. The standard InChI is InChI=1S/C10H16N4O4S/c1-7(4-5-19(3)17)13-9-8(14(15)16)10(18-2)12-6-11-9/h6-7H,4-5H2,1-3H3,(H,11,12,13). The van der Waals surface area contributed by atoms with Gasteiger partial charge in [0.2, 0.25) is 5.82 Å². The van der Waals surface area contributed by atoms with Gasteiger partial charge in [-0.25, -0.2) is 4.98 Å². The highest BCUT2D eigenvalue weighted by Crippen LogP contribution is 2.30. The molecule has 1 rings (SSSR count). The normalized spacial score (nSPS) is 13.6. The molecule has 0 radical (unpaired) electrons. The number of hydrogen-bond acceptors (Lipinski definition) is 7. The second kappa shape index (κ2) is 6.98. The Kier molecular flexibility index (Phi) is 5.61. The van der Waals surface area contributed by atoms with Gasteiger partial charge in [-0.05, 0) is 13.3 Å². The summed E-state index contributed by atoms with van der Waals surface area (Å²) in [5, 5.41) is 13.9. The number of anilines is 1. The van der Waals surface area contributed by atoms with Gasteiger partial charge in [-0.2, -0.15) is 4.98 Å². The van der Waals surface area contributed by atoms with Crippen LogP contribution < -0.4 is 10.1 Å². The molecule has 1 N–H and O–H groups in total. The molecule has 0 spiro atoms. The van der Waals surface area contributed by atoms with Crippen molar-refractivity contribution in [2.45, 2.75) is 19.4 Å². The molecule has 1 heterocycles. The summed E-state index contributed by atoms with van der Waals surface area (Å²) in [7, 11) is 0.413. The molecular formula is C10H16N4O4S. The number of methoxy groups -OCH3 is 1. The molecule has 9 heteroatoms. The predicted molar refractivity (Wildman–Crippen MR) is 71.9 cm³/mol. The Hall–Kier alpha value is -1.77. The predicted octanol–water partition coefficient (Wildman–Crippen LogP) is 0.962. The molecule has 2 unspecified atom stereocenters. The van der Waals surface area contributed by atoms with E-state index in [0.717, 1.165) is 0 Å². The van der Waals surface area contributed by atoms with Crippen LogP contribution in [-0.2, 0) is 10.8 Å². The van der Waals surface area contributed by atoms with Crippen LogP contribution in [0.5, 0.6) is 5.88 Å². The molecule has 1 aromatic rings. The lowest BCUT2D eigenvalue weighted by atomic mass is 10.2. The zero-order chi connectivity index (χ0) is 14.4. The number of nitro groups is 1. The van der Waals surface area contributed by atoms with Crippen molar-refractivity contribution in [1.82, 2.24) is 9.97 Å². The SMILES string of the molecule is COc1ncnc(NC(C)CCS(C)=O)c1[N+](=O)[O-]. The Morgan fingerprint density at radius 2 is 2.26 bits per heavy atom. The minimum absolute atomic E-state index is 0.0891. The molecule has 0 amide bonds. The van der Waals surface area contributed by atoms with Crippen LogP contribution in [0.25, 0.3) is 0 Å². The zero-order valence-electron chi connectivity index (χ0n) is 11.0. The van der Waals surface area contributed by atoms with Crippen LogP contribution in [0.2, 0.25) is 0 Å². The van der Waals surface area contributed by atoms with Gasteiger partial charge >= 0.3 is 5.69 Å². The van der Waals surface area contributed by atoms with Gasteiger partial charge in [0.25, 0.3) is 5.88 Å². The number of rotatable bonds is 7. The van der Waals surface area contributed by atoms with E-state index in [1.54, 1.807) is 6.26 Å². The topological polar surface area (TPSA) is 107 Å². The maximum Gasteiger partial charge on any atom is 0.372 e. The number of nitrogens with zero attached hydrogens (tertiary/aromatic N) is 3. The average Bonchev–Trinajstić information content (AvgIpc) is 2.35. The van der Waals surface area contributed by atoms with Crippen LogP contribution in [-0.4, -0.2) is 44.3 Å². The third-order valence-electron chi connectivity index (χ3n) is 2.39. The summed E-state index contributed by atoms with van der Waals surface area (Å²) in [5.74, 6) is 0.532. The Balaban J connectivity index is 2.88. The van der Waals surface area contributed by atoms with Crippen molar-refractivity contribution in [3.8, 4) is 5.88 Å². The molecule has 0 aliphatic heterocycles. The van der Waals surface area contributed by atoms with E-state index in [1.807, 2.05) is 6.92 Å². The van der Waals surface area contributed by atoms with E-state index in [0.29, 0.717) is 12.2 Å². The largest absolute Gasteiger partial charge is 0.476 e. The first-order valence-corrected chi connectivity index (χ1v) is 7.28. The lowest BCUT2D eigenvalue weighted by molar-refractivity contribution is -0.385. The number of ether oxygens (including phenoxy) is 1. The van der Waals surface area contributed by atoms with Gasteiger partial charge in [-0.1, -0.05) is 0 Å². The van der Waals surface area contributed by atoms with Crippen molar-refractivity contribution in [3.05, 3.63) is 16.4 Å². The first-order chi connectivity index (χ1) is 8.95. The first-order valence-electron chi connectivity index (χ1n) is 5.55. The Labute approximate surface area is 113 Å². The molecule has 0 saturated carbocycles. The zero-order valence-corrected chi connectivity index (χ0v) is 11.8. The lowest BCUT2D eigenvalue weighted by Crippen LogP contribution is -2.19. The van der Waals surface area contributed by atoms with Crippen molar-refractivity contribution in [2.24, 2.45) is 0 Å². The fraction of sp³-hybridized carbons (Fsp3) is 0.600. The maximum absolute atomic E-state index is 11.0. The summed E-state index contributed by atoms with van der Waals surface area (Å²) in [6, 6.07) is -0.0952. The Bertz CT molecular complexity index is 483. The highest BCUT2D eigenvalue weighted by Gasteiger charge is 2.24. The van der Waals surface area contributed by atoms with Crippen molar-refractivity contribution < 1.29 is 13.9 Å². The highest BCUT2D eigenvalue weighted by atomic mass is 32.2. The van der Waals surface area contributed by atoms with Gasteiger partial charge in [-0.15, -0.1) is 0 Å². The maximum atomic E-state index is 11.0. The van der Waals surface area contributed by atoms with Crippen LogP contribution in [0.4, 0.5) is 11.5 Å². The Morgan fingerprint density at radius 3 is 2.79 bits per heavy atom. The molecule has 8 nitrogen and oxygen atoms in total. The molecule has 0 saturated heterocycles. The fourth-order valence-electron chi connectivity index (χ4n) is 1.43. The lowest BCUT2D eigenvalue weighted by Gasteiger charge is -2.14. The van der Waals surface area contributed by atoms with E-state index in [1.165, 1.54) is 13.4 Å². The molecule has 1 aromatic heterocycles. The summed E-state index contributed by atoms with van der Waals surface area (Å²) >= 11 is 0. The van der Waals surface area contributed by atoms with E-state index in [-0.39, 0.29) is 23.4 Å². The van der Waals surface area contributed by atoms with Crippen molar-refractivity contribution in [2.75, 3.05) is 24.4 Å². The van der Waals surface area contributed by atoms with E-state index < -0.39 is 15.7 Å². The fourth-order valence-corrected chi connectivity index (χ4v) is 2.12. The second-order valence-electron chi connectivity index (χ2n) is 3.95. The van der Waals surface area contributed by atoms with Crippen molar-refractivity contribution in [1.29, 1.82) is 0 Å². The second-order valence-corrected chi connectivity index (χ2v) is 5.50. The molecule has 2 atom stereocenters. The van der Waals surface area contributed by atoms with Crippen LogP contribution in [0.15, 0.2) is 6.33 Å². The Morgan fingerprint density at radius 1 is 1.58 bits per heavy atom. The summed E-state index contributed by atoms with van der Waals surface area (Å²) in [4.78, 5) is 18.0. The molecule has 0 fully saturated rings. The number of aromatic nitrogens is 2. The summed E-state index contributed by atoms with van der Waals surface area (Å²) in [6.07, 6.45) is 3.42. The summed E-state index contributed by atoms with van der Waals surface area (Å²) in [6.45, 7) is 1.84. The van der Waals surface area contributed by atoms with Crippen molar-refractivity contribution in [3.63, 3.8) is 0 Å². The van der Waals surface area contributed by atoms with Gasteiger partial charge in [0.15, 0.2) is 0 Å². The van der Waals surface area contributed by atoms with Crippen molar-refractivity contribution >= 4 is 22.3 Å². The van der Waals surface area contributed by atoms with Gasteiger partial charge in [0.1, 0.15) is 6.33 Å². The van der Waals surface area contributed by atoms with Gasteiger partial charge in [0, 0.05) is 28.9 Å². The van der Waals surface area contributed by atoms with Crippen LogP contribution in [0, 0.1) is 10.1 Å². The molecule has 19 heavy (non-hydrogen) atoms. The van der Waals surface area contributed by atoms with Gasteiger partial charge in [-0.3, -0.25) is 14.3 Å². The molecule has 0 aliphatic carbocycles. The van der Waals surface area contributed by atoms with Gasteiger partial charge < -0.3 is 10.1 Å². The molecule has 106 valence electrons. The number of hydrogen-bond donors (Lipinski definition) is 1. The van der Waals surface area contributed by atoms with Crippen LogP contribution >= 0.6 is 0 Å². The third-order valence-corrected chi connectivity index (χ3v) is 3.20. The molecule has 0 bridgehead atoms. The molecule has 0 aromatic carbocycles. The number of nitrogens with one attached hydrogen (secondary N) is 1. The quantitative estimate of drug-likeness (QED) is 0.588. The van der Waals surface area contributed by atoms with Crippen LogP contribution in [0.3, 0.4) is 0 Å². The minimum atomic E-state index is -0.896. The summed E-state index contributed by atoms with van der Waals surface area (Å²) in [5.41, 5.74) is -0.297. The monoisotopic (exact) mass is 288 g/mol. The summed E-state index contributed by atoms with van der Waals surface area (Å²) < 4.78 is 15.9. The molecular weight excluding hydrogens is 272 g/mol. The van der Waals surface area contributed by atoms with E-state index in [9.17, 15) is 14.3 Å². The van der Waals surface area contributed by atoms with E-state index >= 15 is 0 Å². The first kappa shape index (κ1) is 15.3.